The Morgan fingerprint density at radius 2 is 0.943 bits per heavy atom. The fourth-order valence-corrected chi connectivity index (χ4v) is 7.84. The van der Waals surface area contributed by atoms with Crippen LogP contribution in [0.4, 0.5) is 0 Å². The van der Waals surface area contributed by atoms with E-state index in [2.05, 4.69) is 220 Å². The van der Waals surface area contributed by atoms with Gasteiger partial charge in [0, 0.05) is 17.3 Å². The molecule has 3 heterocycles. The normalized spacial score (nSPS) is 11.6. The van der Waals surface area contributed by atoms with Gasteiger partial charge in [0.15, 0.2) is 0 Å². The van der Waals surface area contributed by atoms with Gasteiger partial charge in [-0.25, -0.2) is 23.3 Å². The average Bonchev–Trinajstić information content (AvgIpc) is 3.95. The van der Waals surface area contributed by atoms with E-state index in [-0.39, 0.29) is 0 Å². The molecule has 6 nitrogen and oxygen atoms in total. The summed E-state index contributed by atoms with van der Waals surface area (Å²) >= 11 is 0. The van der Waals surface area contributed by atoms with E-state index in [9.17, 15) is 0 Å². The number of para-hydroxylation sites is 3. The van der Waals surface area contributed by atoms with E-state index in [1.807, 2.05) is 0 Å². The zero-order valence-corrected chi connectivity index (χ0v) is 29.5. The number of nitrogens with zero attached hydrogens (tertiary/aromatic N) is 6. The zero-order valence-electron chi connectivity index (χ0n) is 29.5. The van der Waals surface area contributed by atoms with E-state index in [1.54, 1.807) is 0 Å². The first kappa shape index (κ1) is 30.7. The van der Waals surface area contributed by atoms with Crippen molar-refractivity contribution >= 4 is 32.6 Å². The number of hydrogen-bond acceptors (Lipinski definition) is 1. The molecule has 0 amide bonds. The van der Waals surface area contributed by atoms with Gasteiger partial charge in [-0.3, -0.25) is 4.57 Å². The molecule has 0 saturated carbocycles. The molecule has 0 aliphatic rings. The van der Waals surface area contributed by atoms with Crippen molar-refractivity contribution in [3.63, 3.8) is 0 Å². The van der Waals surface area contributed by atoms with Gasteiger partial charge in [0.25, 0.3) is 0 Å². The second-order valence-electron chi connectivity index (χ2n) is 13.7. The molecule has 0 unspecified atom stereocenters. The first-order valence-electron chi connectivity index (χ1n) is 17.9. The molecular weight excluding hydrogens is 649 g/mol. The number of hydrogen-bond donors (Lipinski definition) is 0. The Kier molecular flexibility index (Phi) is 7.15. The lowest BCUT2D eigenvalue weighted by molar-refractivity contribution is -0.670. The van der Waals surface area contributed by atoms with Gasteiger partial charge in [0.2, 0.25) is 12.7 Å². The Morgan fingerprint density at radius 3 is 1.49 bits per heavy atom. The molecule has 53 heavy (non-hydrogen) atoms. The van der Waals surface area contributed by atoms with Crippen molar-refractivity contribution in [2.24, 2.45) is 14.1 Å². The molecule has 6 heteroatoms. The summed E-state index contributed by atoms with van der Waals surface area (Å²) in [5.41, 5.74) is 11.2. The molecule has 252 valence electrons. The van der Waals surface area contributed by atoms with Crippen LogP contribution < -0.4 is 9.13 Å². The number of aromatic nitrogens is 6. The van der Waals surface area contributed by atoms with E-state index in [4.69, 9.17) is 4.98 Å². The summed E-state index contributed by atoms with van der Waals surface area (Å²) in [6, 6.07) is 52.4. The van der Waals surface area contributed by atoms with E-state index in [1.165, 1.54) is 43.8 Å². The summed E-state index contributed by atoms with van der Waals surface area (Å²) in [6.07, 6.45) is 12.6. The van der Waals surface area contributed by atoms with Crippen molar-refractivity contribution in [2.45, 2.75) is 0 Å². The molecule has 7 aromatic carbocycles. The van der Waals surface area contributed by atoms with Crippen molar-refractivity contribution in [2.75, 3.05) is 0 Å². The average molecular weight is 685 g/mol. The quantitative estimate of drug-likeness (QED) is 0.127. The topological polar surface area (TPSA) is 35.4 Å². The van der Waals surface area contributed by atoms with E-state index in [0.717, 1.165) is 39.5 Å². The first-order chi connectivity index (χ1) is 26.1. The van der Waals surface area contributed by atoms with E-state index >= 15 is 0 Å². The maximum Gasteiger partial charge on any atom is 0.248 e. The van der Waals surface area contributed by atoms with Gasteiger partial charge in [-0.2, -0.15) is 0 Å². The Balaban J connectivity index is 1.17. The van der Waals surface area contributed by atoms with Crippen LogP contribution >= 0.6 is 0 Å². The molecule has 0 radical (unpaired) electrons. The van der Waals surface area contributed by atoms with Crippen LogP contribution in [0.25, 0.3) is 83.3 Å². The van der Waals surface area contributed by atoms with Crippen molar-refractivity contribution in [3.8, 4) is 50.7 Å². The molecule has 10 rings (SSSR count). The number of benzene rings is 7. The molecule has 3 aromatic heterocycles. The summed E-state index contributed by atoms with van der Waals surface area (Å²) in [6.45, 7) is 0. The number of imidazole rings is 3. The minimum absolute atomic E-state index is 0.928. The molecule has 0 N–H and O–H groups in total. The highest BCUT2D eigenvalue weighted by Crippen LogP contribution is 2.44. The molecule has 0 bridgehead atoms. The molecular formula is C47H36N6+2. The van der Waals surface area contributed by atoms with Gasteiger partial charge in [-0.1, -0.05) is 103 Å². The molecule has 0 atom stereocenters. The predicted octanol–water partition coefficient (Wildman–Crippen LogP) is 9.56. The minimum Gasteiger partial charge on any atom is -0.292 e. The molecule has 0 aliphatic heterocycles. The van der Waals surface area contributed by atoms with Gasteiger partial charge in [0.1, 0.15) is 42.0 Å². The van der Waals surface area contributed by atoms with Crippen molar-refractivity contribution in [3.05, 3.63) is 183 Å². The summed E-state index contributed by atoms with van der Waals surface area (Å²) in [4.78, 5) is 5.12. The van der Waals surface area contributed by atoms with Gasteiger partial charge < -0.3 is 0 Å². The van der Waals surface area contributed by atoms with E-state index < -0.39 is 0 Å². The summed E-state index contributed by atoms with van der Waals surface area (Å²) in [7, 11) is 4.11. The molecule has 0 saturated heterocycles. The van der Waals surface area contributed by atoms with Crippen LogP contribution in [0.2, 0.25) is 0 Å². The second kappa shape index (κ2) is 12.3. The largest absolute Gasteiger partial charge is 0.292 e. The Morgan fingerprint density at radius 1 is 0.453 bits per heavy atom. The summed E-state index contributed by atoms with van der Waals surface area (Å²) < 4.78 is 10.8. The molecule has 0 aliphatic carbocycles. The van der Waals surface area contributed by atoms with Crippen molar-refractivity contribution < 1.29 is 9.13 Å². The smallest absolute Gasteiger partial charge is 0.248 e. The predicted molar refractivity (Wildman–Crippen MR) is 213 cm³/mol. The van der Waals surface area contributed by atoms with Crippen LogP contribution in [0.5, 0.6) is 0 Å². The lowest BCUT2D eigenvalue weighted by Gasteiger charge is -2.18. The van der Waals surface area contributed by atoms with Crippen LogP contribution in [0.15, 0.2) is 183 Å². The third-order valence-electron chi connectivity index (χ3n) is 10.3. The lowest BCUT2D eigenvalue weighted by atomic mass is 9.85. The summed E-state index contributed by atoms with van der Waals surface area (Å²) in [5, 5.41) is 4.88. The maximum absolute atomic E-state index is 5.12. The first-order valence-corrected chi connectivity index (χ1v) is 17.9. The fourth-order valence-electron chi connectivity index (χ4n) is 7.84. The number of aryl methyl sites for hydroxylation is 2. The number of rotatable bonds is 6. The molecule has 10 aromatic rings. The van der Waals surface area contributed by atoms with Gasteiger partial charge >= 0.3 is 0 Å². The molecule has 0 fully saturated rings. The fraction of sp³-hybridized carbons (Fsp3) is 0.0426. The molecule has 0 spiro atoms. The third kappa shape index (κ3) is 5.23. The summed E-state index contributed by atoms with van der Waals surface area (Å²) in [5.74, 6) is 0.928. The van der Waals surface area contributed by atoms with Crippen LogP contribution in [0.1, 0.15) is 0 Å². The van der Waals surface area contributed by atoms with Crippen LogP contribution in [0, 0.1) is 0 Å². The lowest BCUT2D eigenvalue weighted by Crippen LogP contribution is -2.23. The van der Waals surface area contributed by atoms with Crippen molar-refractivity contribution in [1.82, 2.24) is 18.7 Å². The highest BCUT2D eigenvalue weighted by molar-refractivity contribution is 6.21. The minimum atomic E-state index is 0.928. The van der Waals surface area contributed by atoms with Crippen LogP contribution in [0.3, 0.4) is 0 Å². The Hall–Kier alpha value is -7.05. The van der Waals surface area contributed by atoms with Crippen LogP contribution in [-0.4, -0.2) is 18.7 Å². The second-order valence-corrected chi connectivity index (χ2v) is 13.7. The standard InChI is InChI=1S/C47H36N6/c1-49-24-26-51(31-49)37-28-35(29-38(30-37)52-27-25-50(2)32-52)46-41-16-8-6-14-39(41)45(40-15-7-9-17-42(40)46)33-20-22-34(23-21-33)47-48-43-18-10-11-19-44(43)53(47)36-12-4-3-5-13-36/h3-32H,1-2H3/q+2. The van der Waals surface area contributed by atoms with Gasteiger partial charge in [-0.05, 0) is 80.2 Å². The van der Waals surface area contributed by atoms with E-state index in [0.29, 0.717) is 0 Å². The zero-order chi connectivity index (χ0) is 35.5. The maximum atomic E-state index is 5.12. The SMILES string of the molecule is C[n+]1ccn(-c2cc(-c3c4ccccc4c(-c4ccc(-c5nc6ccccc6n5-c5ccccc5)cc4)c4ccccc34)cc(-n3cc[n+](C)c3)c2)c1. The monoisotopic (exact) mass is 684 g/mol. The Bertz CT molecular complexity index is 2850. The highest BCUT2D eigenvalue weighted by Gasteiger charge is 2.21. The number of fused-ring (bicyclic) bond motifs is 3. The highest BCUT2D eigenvalue weighted by atomic mass is 15.1. The van der Waals surface area contributed by atoms with Crippen LogP contribution in [-0.2, 0) is 14.1 Å². The van der Waals surface area contributed by atoms with Gasteiger partial charge in [0.05, 0.1) is 25.1 Å². The third-order valence-corrected chi connectivity index (χ3v) is 10.3. The van der Waals surface area contributed by atoms with Gasteiger partial charge in [-0.15, -0.1) is 0 Å². The van der Waals surface area contributed by atoms with Crippen molar-refractivity contribution in [1.29, 1.82) is 0 Å². The Labute approximate surface area is 307 Å².